The highest BCUT2D eigenvalue weighted by Gasteiger charge is 2.51. The number of halogens is 5. The summed E-state index contributed by atoms with van der Waals surface area (Å²) in [4.78, 5) is 20.7. The van der Waals surface area contributed by atoms with E-state index in [-0.39, 0.29) is 65.1 Å². The molecular weight excluding hydrogens is 726 g/mol. The molecule has 5 atom stereocenters. The molecule has 2 aliphatic carbocycles. The second-order valence-corrected chi connectivity index (χ2v) is 15.7. The molecule has 3 aliphatic heterocycles. The average Bonchev–Trinajstić information content (AvgIpc) is 3.52. The number of pyridine rings is 1. The van der Waals surface area contributed by atoms with Gasteiger partial charge in [0.15, 0.2) is 17.3 Å². The predicted octanol–water partition coefficient (Wildman–Crippen LogP) is 8.40. The molecule has 274 valence electrons. The van der Waals surface area contributed by atoms with E-state index in [2.05, 4.69) is 27.1 Å². The fraction of sp³-hybridized carbons (Fsp3) is 0.436. The monoisotopic (exact) mass is 761 g/mol. The van der Waals surface area contributed by atoms with Gasteiger partial charge in [0.25, 0.3) is 6.43 Å². The number of hydrogen-bond donors (Lipinski definition) is 1. The Morgan fingerprint density at radius 1 is 1.19 bits per heavy atom. The Kier molecular flexibility index (Phi) is 8.40. The summed E-state index contributed by atoms with van der Waals surface area (Å²) < 4.78 is 54.9. The van der Waals surface area contributed by atoms with Gasteiger partial charge < -0.3 is 19.5 Å². The van der Waals surface area contributed by atoms with Crippen LogP contribution in [0.5, 0.6) is 5.75 Å². The number of nitriles is 1. The molecule has 9 nitrogen and oxygen atoms in total. The van der Waals surface area contributed by atoms with Gasteiger partial charge in [0.1, 0.15) is 11.6 Å². The van der Waals surface area contributed by atoms with Gasteiger partial charge in [-0.3, -0.25) is 9.48 Å². The Morgan fingerprint density at radius 3 is 2.70 bits per heavy atom. The third kappa shape index (κ3) is 5.57. The lowest BCUT2D eigenvalue weighted by molar-refractivity contribution is -0.133. The van der Waals surface area contributed by atoms with Crippen molar-refractivity contribution in [2.75, 3.05) is 13.1 Å². The van der Waals surface area contributed by atoms with Crippen molar-refractivity contribution in [1.29, 1.82) is 5.26 Å². The summed E-state index contributed by atoms with van der Waals surface area (Å²) in [5, 5.41) is 19.1. The number of fused-ring (bicyclic) bond motifs is 4. The van der Waals surface area contributed by atoms with Gasteiger partial charge in [0.2, 0.25) is 5.91 Å². The number of aromatic nitrogens is 4. The van der Waals surface area contributed by atoms with Gasteiger partial charge in [0, 0.05) is 71.7 Å². The molecule has 5 aliphatic rings. The fourth-order valence-electron chi connectivity index (χ4n) is 8.98. The van der Waals surface area contributed by atoms with E-state index < -0.39 is 30.1 Å². The van der Waals surface area contributed by atoms with E-state index in [1.807, 2.05) is 17.9 Å². The van der Waals surface area contributed by atoms with Gasteiger partial charge in [-0.15, -0.1) is 0 Å². The largest absolute Gasteiger partial charge is 0.485 e. The number of carbonyl (C=O) groups is 1. The predicted molar refractivity (Wildman–Crippen MR) is 195 cm³/mol. The van der Waals surface area contributed by atoms with E-state index in [0.717, 1.165) is 42.4 Å². The zero-order chi connectivity index (χ0) is 36.9. The molecule has 3 saturated heterocycles. The molecule has 5 aromatic rings. The van der Waals surface area contributed by atoms with Crippen LogP contribution >= 0.6 is 23.2 Å². The molecule has 2 saturated carbocycles. The smallest absolute Gasteiger partial charge is 0.285 e. The van der Waals surface area contributed by atoms with Crippen molar-refractivity contribution in [3.05, 3.63) is 75.0 Å². The van der Waals surface area contributed by atoms with Crippen molar-refractivity contribution < 1.29 is 22.7 Å². The molecule has 3 aromatic heterocycles. The molecule has 1 N–H and O–H groups in total. The number of carbonyl (C=O) groups excluding carboxylic acids is 1. The maximum atomic E-state index is 17.2. The minimum atomic E-state index is -2.81. The van der Waals surface area contributed by atoms with E-state index in [1.165, 1.54) is 10.9 Å². The SMILES string of the molecule is Cc1nc2c(F)c(-c3cccc(Cl)c3Cl)c(CCC#N)cc2c2c1cc(C1CC(Oc3cn(C)nc3C(F)F)CN1C(=O)C1CC1)n2C1C2CNC1C2. The van der Waals surface area contributed by atoms with E-state index in [1.54, 1.807) is 25.2 Å². The molecule has 0 radical (unpaired) electrons. The fourth-order valence-corrected chi connectivity index (χ4v) is 9.37. The van der Waals surface area contributed by atoms with Crippen LogP contribution in [0.4, 0.5) is 13.2 Å². The number of benzene rings is 2. The molecule has 6 heterocycles. The summed E-state index contributed by atoms with van der Waals surface area (Å²) >= 11 is 13.1. The molecule has 5 unspecified atom stereocenters. The Bertz CT molecular complexity index is 2350. The molecule has 2 aromatic carbocycles. The van der Waals surface area contributed by atoms with Gasteiger partial charge in [0.05, 0.1) is 46.5 Å². The first kappa shape index (κ1) is 34.5. The van der Waals surface area contributed by atoms with Crippen molar-refractivity contribution in [2.24, 2.45) is 18.9 Å². The molecule has 53 heavy (non-hydrogen) atoms. The Balaban J connectivity index is 1.25. The topological polar surface area (TPSA) is 101 Å². The van der Waals surface area contributed by atoms with E-state index in [4.69, 9.17) is 32.9 Å². The van der Waals surface area contributed by atoms with E-state index in [0.29, 0.717) is 39.6 Å². The molecule has 14 heteroatoms. The minimum Gasteiger partial charge on any atom is -0.485 e. The number of nitrogens with one attached hydrogen (secondary N) is 1. The van der Waals surface area contributed by atoms with Crippen molar-refractivity contribution in [2.45, 2.75) is 76.1 Å². The Hall–Kier alpha value is -4.31. The second kappa shape index (κ2) is 12.9. The first-order chi connectivity index (χ1) is 25.5. The zero-order valence-electron chi connectivity index (χ0n) is 29.1. The van der Waals surface area contributed by atoms with E-state index >= 15 is 4.39 Å². The van der Waals surface area contributed by atoms with Crippen molar-refractivity contribution in [1.82, 2.24) is 29.5 Å². The van der Waals surface area contributed by atoms with Gasteiger partial charge in [-0.2, -0.15) is 10.4 Å². The summed E-state index contributed by atoms with van der Waals surface area (Å²) in [5.41, 5.74) is 3.41. The molecular formula is C39H36Cl2F3N7O2. The summed E-state index contributed by atoms with van der Waals surface area (Å²) in [5.74, 6) is -0.255. The zero-order valence-corrected chi connectivity index (χ0v) is 30.6. The van der Waals surface area contributed by atoms with Crippen LogP contribution in [0.25, 0.3) is 32.9 Å². The number of likely N-dealkylation sites (tertiary alicyclic amines) is 1. The van der Waals surface area contributed by atoms with Crippen LogP contribution in [0.2, 0.25) is 10.0 Å². The van der Waals surface area contributed by atoms with Crippen molar-refractivity contribution >= 4 is 50.9 Å². The second-order valence-electron chi connectivity index (χ2n) is 14.9. The lowest BCUT2D eigenvalue weighted by Gasteiger charge is -2.39. The molecule has 5 fully saturated rings. The van der Waals surface area contributed by atoms with Crippen LogP contribution in [-0.2, 0) is 18.3 Å². The summed E-state index contributed by atoms with van der Waals surface area (Å²) in [6, 6.07) is 11.1. The Labute approximate surface area is 313 Å². The maximum absolute atomic E-state index is 17.2. The van der Waals surface area contributed by atoms with Gasteiger partial charge in [-0.05, 0) is 62.3 Å². The summed E-state index contributed by atoms with van der Waals surface area (Å²) in [6.07, 6.45) is 1.52. The Morgan fingerprint density at radius 2 is 2.00 bits per heavy atom. The van der Waals surface area contributed by atoms with Gasteiger partial charge in [-0.1, -0.05) is 35.3 Å². The third-order valence-corrected chi connectivity index (χ3v) is 12.4. The van der Waals surface area contributed by atoms with Crippen molar-refractivity contribution in [3.63, 3.8) is 0 Å². The molecule has 2 bridgehead atoms. The normalized spacial score (nSPS) is 23.7. The number of ether oxygens (including phenoxy) is 1. The number of nitrogens with zero attached hydrogens (tertiary/aromatic N) is 6. The highest BCUT2D eigenvalue weighted by Crippen LogP contribution is 2.51. The molecule has 1 amide bonds. The third-order valence-electron chi connectivity index (χ3n) is 11.6. The van der Waals surface area contributed by atoms with Crippen LogP contribution in [0, 0.1) is 35.9 Å². The molecule has 0 spiro atoms. The average molecular weight is 763 g/mol. The van der Waals surface area contributed by atoms with Gasteiger partial charge in [-0.25, -0.2) is 18.2 Å². The number of aryl methyl sites for hydroxylation is 3. The number of amides is 1. The minimum absolute atomic E-state index is 0.00998. The van der Waals surface area contributed by atoms with Crippen LogP contribution in [0.3, 0.4) is 0 Å². The quantitative estimate of drug-likeness (QED) is 0.162. The van der Waals surface area contributed by atoms with Crippen molar-refractivity contribution in [3.8, 4) is 22.9 Å². The van der Waals surface area contributed by atoms with Crippen LogP contribution in [0.15, 0.2) is 36.5 Å². The summed E-state index contributed by atoms with van der Waals surface area (Å²) in [6.45, 7) is 2.94. The first-order valence-corrected chi connectivity index (χ1v) is 18.8. The van der Waals surface area contributed by atoms with E-state index in [9.17, 15) is 18.8 Å². The number of rotatable bonds is 9. The summed E-state index contributed by atoms with van der Waals surface area (Å²) in [7, 11) is 1.57. The van der Waals surface area contributed by atoms with Crippen LogP contribution in [-0.4, -0.2) is 55.4 Å². The van der Waals surface area contributed by atoms with Crippen LogP contribution < -0.4 is 10.1 Å². The highest BCUT2D eigenvalue weighted by atomic mass is 35.5. The lowest BCUT2D eigenvalue weighted by Crippen LogP contribution is -2.41. The first-order valence-electron chi connectivity index (χ1n) is 18.0. The number of hydrogen-bond acceptors (Lipinski definition) is 6. The lowest BCUT2D eigenvalue weighted by atomic mass is 9.79. The standard InChI is InChI=1S/C39H36Cl2F3N7O2/c1-18-24-14-29(28-13-22(16-50(28)39(52)19-8-9-19)53-30-17-49(2)48-35(30)38(43)44)51(36-21-12-27(36)46-15-21)37(24)25-11-20(5-4-10-45)31(33(42)34(25)47-18)23-6-3-7-26(40)32(23)41/h3,6-7,11,14,17,19,21-22,27-28,36,38,46H,4-5,8-9,12-13,15-16H2,1-2H3. The molecule has 10 rings (SSSR count). The van der Waals surface area contributed by atoms with Crippen LogP contribution in [0.1, 0.15) is 73.3 Å². The number of alkyl halides is 2. The maximum Gasteiger partial charge on any atom is 0.285 e. The van der Waals surface area contributed by atoms with Gasteiger partial charge >= 0.3 is 0 Å². The highest BCUT2D eigenvalue weighted by molar-refractivity contribution is 6.43.